The summed E-state index contributed by atoms with van der Waals surface area (Å²) < 4.78 is 5.09. The normalized spacial score (nSPS) is 14.3. The van der Waals surface area contributed by atoms with Crippen LogP contribution in [0.1, 0.15) is 18.1 Å². The van der Waals surface area contributed by atoms with E-state index in [9.17, 15) is 9.90 Å². The number of nitrogens with zero attached hydrogens (tertiary/aromatic N) is 2. The van der Waals surface area contributed by atoms with Crippen molar-refractivity contribution in [3.8, 4) is 0 Å². The molecule has 26 heavy (non-hydrogen) atoms. The number of hydrogen-bond acceptors (Lipinski definition) is 5. The molecule has 0 saturated carbocycles. The first-order valence-corrected chi connectivity index (χ1v) is 8.39. The Morgan fingerprint density at radius 2 is 1.77 bits per heavy atom. The van der Waals surface area contributed by atoms with Gasteiger partial charge in [0.25, 0.3) is 0 Å². The lowest BCUT2D eigenvalue weighted by atomic mass is 10.1. The van der Waals surface area contributed by atoms with Crippen LogP contribution in [0.5, 0.6) is 0 Å². The van der Waals surface area contributed by atoms with Crippen LogP contribution in [0.4, 0.5) is 5.69 Å². The highest BCUT2D eigenvalue weighted by Crippen LogP contribution is 2.33. The van der Waals surface area contributed by atoms with Crippen molar-refractivity contribution in [2.75, 3.05) is 11.6 Å². The molecule has 0 aliphatic heterocycles. The molecule has 2 aromatic rings. The smallest absolute Gasteiger partial charge is 0.344 e. The van der Waals surface area contributed by atoms with Gasteiger partial charge in [0, 0.05) is 11.1 Å². The van der Waals surface area contributed by atoms with E-state index in [1.54, 1.807) is 43.3 Å². The van der Waals surface area contributed by atoms with E-state index in [1.165, 1.54) is 5.01 Å². The van der Waals surface area contributed by atoms with Gasteiger partial charge in [0.2, 0.25) is 0 Å². The van der Waals surface area contributed by atoms with Gasteiger partial charge in [0.1, 0.15) is 17.0 Å². The zero-order valence-corrected chi connectivity index (χ0v) is 14.9. The standard InChI is InChI=1S/C19H17N3O3S/c1-2-25-18(24)15-16(13-10-6-7-11-14(13)17(15)23)21-22(19(20)26)12-8-4-3-5-9-12/h3-11,23H,2H2,1H3,(H2,20,26)/b21-16-. The number of carbonyl (C=O) groups excluding carboxylic acids is 1. The molecule has 0 fully saturated rings. The fraction of sp³-hybridized carbons (Fsp3) is 0.105. The number of hydrogen-bond donors (Lipinski definition) is 2. The van der Waals surface area contributed by atoms with Gasteiger partial charge in [-0.05, 0) is 31.3 Å². The van der Waals surface area contributed by atoms with Crippen molar-refractivity contribution in [1.29, 1.82) is 0 Å². The largest absolute Gasteiger partial charge is 0.506 e. The number of fused-ring (bicyclic) bond motifs is 1. The monoisotopic (exact) mass is 367 g/mol. The third-order valence-corrected chi connectivity index (χ3v) is 3.97. The predicted molar refractivity (Wildman–Crippen MR) is 105 cm³/mol. The van der Waals surface area contributed by atoms with Crippen molar-refractivity contribution in [1.82, 2.24) is 0 Å². The van der Waals surface area contributed by atoms with Gasteiger partial charge < -0.3 is 15.6 Å². The second kappa shape index (κ2) is 7.37. The Hall–Kier alpha value is -3.19. The summed E-state index contributed by atoms with van der Waals surface area (Å²) in [5.41, 5.74) is 7.83. The number of anilines is 1. The maximum Gasteiger partial charge on any atom is 0.344 e. The van der Waals surface area contributed by atoms with E-state index in [0.717, 1.165) is 0 Å². The molecule has 0 atom stereocenters. The molecule has 1 aliphatic carbocycles. The summed E-state index contributed by atoms with van der Waals surface area (Å²) in [5, 5.41) is 16.4. The number of rotatable bonds is 4. The van der Waals surface area contributed by atoms with Crippen LogP contribution in [0.25, 0.3) is 5.76 Å². The molecular weight excluding hydrogens is 350 g/mol. The molecule has 0 saturated heterocycles. The van der Waals surface area contributed by atoms with Crippen LogP contribution in [0.2, 0.25) is 0 Å². The third-order valence-electron chi connectivity index (χ3n) is 3.80. The summed E-state index contributed by atoms with van der Waals surface area (Å²) in [6.45, 7) is 1.87. The van der Waals surface area contributed by atoms with Gasteiger partial charge in [0.15, 0.2) is 5.11 Å². The maximum absolute atomic E-state index is 12.4. The van der Waals surface area contributed by atoms with Crippen molar-refractivity contribution in [2.45, 2.75) is 6.92 Å². The molecule has 1 aliphatic rings. The number of benzene rings is 2. The van der Waals surface area contributed by atoms with Crippen LogP contribution in [-0.4, -0.2) is 28.5 Å². The number of esters is 1. The molecule has 0 spiro atoms. The summed E-state index contributed by atoms with van der Waals surface area (Å²) in [6.07, 6.45) is 0. The number of aliphatic hydroxyl groups excluding tert-OH is 1. The molecule has 0 aromatic heterocycles. The van der Waals surface area contributed by atoms with Crippen LogP contribution in [0.15, 0.2) is 65.3 Å². The topological polar surface area (TPSA) is 88.2 Å². The molecule has 0 unspecified atom stereocenters. The maximum atomic E-state index is 12.4. The van der Waals surface area contributed by atoms with Gasteiger partial charge in [-0.1, -0.05) is 42.5 Å². The third kappa shape index (κ3) is 3.16. The van der Waals surface area contributed by atoms with Gasteiger partial charge in [-0.2, -0.15) is 5.10 Å². The number of aliphatic hydroxyl groups is 1. The molecule has 132 valence electrons. The molecule has 0 heterocycles. The zero-order chi connectivity index (χ0) is 18.7. The molecule has 0 bridgehead atoms. The summed E-state index contributed by atoms with van der Waals surface area (Å²) in [7, 11) is 0. The molecule has 0 amide bonds. The minimum absolute atomic E-state index is 0.00905. The SMILES string of the molecule is CCOC(=O)C1=C(O)c2ccccc2/C1=N/N(C(N)=S)c1ccccc1. The number of nitrogens with two attached hydrogens (primary N) is 1. The number of carbonyl (C=O) groups is 1. The summed E-state index contributed by atoms with van der Waals surface area (Å²) in [4.78, 5) is 12.4. The van der Waals surface area contributed by atoms with Gasteiger partial charge in [-0.25, -0.2) is 9.80 Å². The van der Waals surface area contributed by atoms with Crippen LogP contribution in [0, 0.1) is 0 Å². The fourth-order valence-corrected chi connectivity index (χ4v) is 2.83. The lowest BCUT2D eigenvalue weighted by Gasteiger charge is -2.18. The van der Waals surface area contributed by atoms with Crippen molar-refractivity contribution in [3.63, 3.8) is 0 Å². The van der Waals surface area contributed by atoms with Crippen LogP contribution >= 0.6 is 12.2 Å². The fourth-order valence-electron chi connectivity index (χ4n) is 2.68. The first-order valence-electron chi connectivity index (χ1n) is 7.98. The lowest BCUT2D eigenvalue weighted by Crippen LogP contribution is -2.32. The van der Waals surface area contributed by atoms with Gasteiger partial charge in [-0.15, -0.1) is 0 Å². The Morgan fingerprint density at radius 3 is 2.38 bits per heavy atom. The summed E-state index contributed by atoms with van der Waals surface area (Å²) in [6, 6.07) is 16.1. The van der Waals surface area contributed by atoms with Crippen molar-refractivity contribution in [2.24, 2.45) is 10.8 Å². The van der Waals surface area contributed by atoms with E-state index in [4.69, 9.17) is 22.7 Å². The van der Waals surface area contributed by atoms with Crippen LogP contribution in [-0.2, 0) is 9.53 Å². The van der Waals surface area contributed by atoms with Gasteiger partial charge in [-0.3, -0.25) is 0 Å². The van der Waals surface area contributed by atoms with E-state index in [0.29, 0.717) is 16.8 Å². The van der Waals surface area contributed by atoms with Crippen molar-refractivity contribution in [3.05, 3.63) is 71.3 Å². The quantitative estimate of drug-likeness (QED) is 0.491. The number of ether oxygens (including phenoxy) is 1. The highest BCUT2D eigenvalue weighted by atomic mass is 32.1. The lowest BCUT2D eigenvalue weighted by molar-refractivity contribution is -0.137. The van der Waals surface area contributed by atoms with Crippen molar-refractivity contribution >= 4 is 40.5 Å². The van der Waals surface area contributed by atoms with Gasteiger partial charge >= 0.3 is 5.97 Å². The van der Waals surface area contributed by atoms with Crippen LogP contribution in [0.3, 0.4) is 0 Å². The molecule has 3 N–H and O–H groups in total. The Labute approximate surface area is 156 Å². The number of hydrazone groups is 1. The number of thiocarbonyl (C=S) groups is 1. The van der Waals surface area contributed by atoms with Gasteiger partial charge in [0.05, 0.1) is 12.3 Å². The minimum atomic E-state index is -0.657. The molecule has 3 rings (SSSR count). The van der Waals surface area contributed by atoms with Crippen molar-refractivity contribution < 1.29 is 14.6 Å². The zero-order valence-electron chi connectivity index (χ0n) is 14.0. The van der Waals surface area contributed by atoms with E-state index in [2.05, 4.69) is 5.10 Å². The molecule has 2 aromatic carbocycles. The Balaban J connectivity index is 2.17. The van der Waals surface area contributed by atoms with E-state index < -0.39 is 5.97 Å². The number of para-hydroxylation sites is 1. The predicted octanol–water partition coefficient (Wildman–Crippen LogP) is 2.99. The Morgan fingerprint density at radius 1 is 1.15 bits per heavy atom. The van der Waals surface area contributed by atoms with E-state index in [1.807, 2.05) is 18.2 Å². The average Bonchev–Trinajstić information content (AvgIpc) is 2.92. The second-order valence-electron chi connectivity index (χ2n) is 5.42. The summed E-state index contributed by atoms with van der Waals surface area (Å²) >= 11 is 5.12. The molecule has 0 radical (unpaired) electrons. The molecule has 6 nitrogen and oxygen atoms in total. The first kappa shape index (κ1) is 17.6. The van der Waals surface area contributed by atoms with E-state index >= 15 is 0 Å². The highest BCUT2D eigenvalue weighted by molar-refractivity contribution is 7.80. The Kier molecular flexibility index (Phi) is 4.99. The second-order valence-corrected chi connectivity index (χ2v) is 5.84. The van der Waals surface area contributed by atoms with Crippen LogP contribution < -0.4 is 10.7 Å². The van der Waals surface area contributed by atoms with E-state index in [-0.39, 0.29) is 28.8 Å². The minimum Gasteiger partial charge on any atom is -0.506 e. The molecule has 7 heteroatoms. The molecular formula is C19H17N3O3S. The first-order chi connectivity index (χ1) is 12.5. The average molecular weight is 367 g/mol. The Bertz CT molecular complexity index is 923. The summed E-state index contributed by atoms with van der Waals surface area (Å²) in [5.74, 6) is -0.829. The highest BCUT2D eigenvalue weighted by Gasteiger charge is 2.34.